The second-order valence-corrected chi connectivity index (χ2v) is 7.09. The molecule has 1 saturated heterocycles. The lowest BCUT2D eigenvalue weighted by atomic mass is 10.1. The van der Waals surface area contributed by atoms with E-state index in [1.165, 1.54) is 0 Å². The Hall–Kier alpha value is -2.67. The predicted molar refractivity (Wildman–Crippen MR) is 105 cm³/mol. The summed E-state index contributed by atoms with van der Waals surface area (Å²) in [4.78, 5) is 2.30. The van der Waals surface area contributed by atoms with Gasteiger partial charge >= 0.3 is 0 Å². The molecule has 0 saturated carbocycles. The molecule has 0 amide bonds. The van der Waals surface area contributed by atoms with Crippen LogP contribution in [0, 0.1) is 0 Å². The van der Waals surface area contributed by atoms with Gasteiger partial charge in [0.2, 0.25) is 0 Å². The molecule has 7 nitrogen and oxygen atoms in total. The normalized spacial score (nSPS) is 17.6. The van der Waals surface area contributed by atoms with Crippen LogP contribution in [0.4, 0.5) is 5.69 Å². The maximum absolute atomic E-state index is 5.83. The van der Waals surface area contributed by atoms with Gasteiger partial charge in [-0.25, -0.2) is 0 Å². The van der Waals surface area contributed by atoms with Gasteiger partial charge in [0.25, 0.3) is 0 Å². The zero-order chi connectivity index (χ0) is 18.8. The molecule has 3 heterocycles. The molecule has 0 bridgehead atoms. The Morgan fingerprint density at radius 3 is 3.04 bits per heavy atom. The number of nitrogens with one attached hydrogen (secondary N) is 1. The lowest BCUT2D eigenvalue weighted by molar-refractivity contribution is 0.0384. The number of hydrogen-bond donors (Lipinski definition) is 1. The first kappa shape index (κ1) is 17.7. The zero-order valence-corrected chi connectivity index (χ0v) is 16.0. The SMILES string of the molecule is CC[C@H]1CN(c2cnnc(-c3n[nH]c4ccc(OC(C)C)cc34)c2)CCO1. The van der Waals surface area contributed by atoms with Crippen molar-refractivity contribution in [2.75, 3.05) is 24.6 Å². The predicted octanol–water partition coefficient (Wildman–Crippen LogP) is 3.42. The number of hydrogen-bond acceptors (Lipinski definition) is 6. The van der Waals surface area contributed by atoms with E-state index in [1.54, 1.807) is 0 Å². The highest BCUT2D eigenvalue weighted by atomic mass is 16.5. The average molecular weight is 367 g/mol. The topological polar surface area (TPSA) is 76.2 Å². The second kappa shape index (κ2) is 7.52. The first-order chi connectivity index (χ1) is 13.1. The lowest BCUT2D eigenvalue weighted by Crippen LogP contribution is -2.42. The minimum absolute atomic E-state index is 0.119. The summed E-state index contributed by atoms with van der Waals surface area (Å²) in [5.74, 6) is 0.822. The molecule has 1 atom stereocenters. The third-order valence-electron chi connectivity index (χ3n) is 4.75. The summed E-state index contributed by atoms with van der Waals surface area (Å²) in [6, 6.07) is 7.99. The molecule has 1 aromatic carbocycles. The lowest BCUT2D eigenvalue weighted by Gasteiger charge is -2.33. The van der Waals surface area contributed by atoms with Crippen molar-refractivity contribution in [3.05, 3.63) is 30.5 Å². The zero-order valence-electron chi connectivity index (χ0n) is 16.0. The Morgan fingerprint density at radius 1 is 1.33 bits per heavy atom. The number of H-pyrrole nitrogens is 1. The van der Waals surface area contributed by atoms with Crippen LogP contribution >= 0.6 is 0 Å². The second-order valence-electron chi connectivity index (χ2n) is 7.09. The number of aromatic amines is 1. The Kier molecular flexibility index (Phi) is 4.94. The van der Waals surface area contributed by atoms with Gasteiger partial charge in [0, 0.05) is 18.5 Å². The molecular weight excluding hydrogens is 342 g/mol. The van der Waals surface area contributed by atoms with Crippen LogP contribution in [0.5, 0.6) is 5.75 Å². The summed E-state index contributed by atoms with van der Waals surface area (Å²) >= 11 is 0. The first-order valence-electron chi connectivity index (χ1n) is 9.48. The highest BCUT2D eigenvalue weighted by Crippen LogP contribution is 2.30. The minimum Gasteiger partial charge on any atom is -0.491 e. The van der Waals surface area contributed by atoms with Gasteiger partial charge in [-0.05, 0) is 44.5 Å². The number of morpholine rings is 1. The van der Waals surface area contributed by atoms with Crippen molar-refractivity contribution >= 4 is 16.6 Å². The van der Waals surface area contributed by atoms with Crippen molar-refractivity contribution in [2.45, 2.75) is 39.4 Å². The summed E-state index contributed by atoms with van der Waals surface area (Å²) in [7, 11) is 0. The minimum atomic E-state index is 0.119. The van der Waals surface area contributed by atoms with Crippen LogP contribution in [0.2, 0.25) is 0 Å². The third kappa shape index (κ3) is 3.73. The molecule has 1 N–H and O–H groups in total. The van der Waals surface area contributed by atoms with Crippen LogP contribution < -0.4 is 9.64 Å². The Morgan fingerprint density at radius 2 is 2.22 bits per heavy atom. The molecule has 1 fully saturated rings. The summed E-state index contributed by atoms with van der Waals surface area (Å²) in [5.41, 5.74) is 3.53. The number of aromatic nitrogens is 4. The summed E-state index contributed by atoms with van der Waals surface area (Å²) < 4.78 is 11.6. The molecule has 142 valence electrons. The fourth-order valence-electron chi connectivity index (χ4n) is 3.38. The third-order valence-corrected chi connectivity index (χ3v) is 4.75. The van der Waals surface area contributed by atoms with Gasteiger partial charge in [0.05, 0.1) is 36.2 Å². The van der Waals surface area contributed by atoms with Crippen molar-refractivity contribution < 1.29 is 9.47 Å². The van der Waals surface area contributed by atoms with E-state index in [9.17, 15) is 0 Å². The molecular formula is C20H25N5O2. The van der Waals surface area contributed by atoms with Crippen LogP contribution in [0.25, 0.3) is 22.3 Å². The number of fused-ring (bicyclic) bond motifs is 1. The number of benzene rings is 1. The van der Waals surface area contributed by atoms with Gasteiger partial charge in [0.15, 0.2) is 0 Å². The molecule has 0 aliphatic carbocycles. The van der Waals surface area contributed by atoms with Gasteiger partial charge < -0.3 is 14.4 Å². The summed E-state index contributed by atoms with van der Waals surface area (Å²) in [6.07, 6.45) is 3.19. The highest BCUT2D eigenvalue weighted by Gasteiger charge is 2.21. The summed E-state index contributed by atoms with van der Waals surface area (Å²) in [6.45, 7) is 8.64. The molecule has 2 aromatic heterocycles. The van der Waals surface area contributed by atoms with Gasteiger partial charge in [-0.2, -0.15) is 10.2 Å². The van der Waals surface area contributed by atoms with Crippen molar-refractivity contribution in [3.8, 4) is 17.1 Å². The molecule has 4 rings (SSSR count). The van der Waals surface area contributed by atoms with E-state index < -0.39 is 0 Å². The average Bonchev–Trinajstić information content (AvgIpc) is 3.11. The van der Waals surface area contributed by atoms with Crippen molar-refractivity contribution in [3.63, 3.8) is 0 Å². The quantitative estimate of drug-likeness (QED) is 0.745. The van der Waals surface area contributed by atoms with E-state index in [0.29, 0.717) is 0 Å². The van der Waals surface area contributed by atoms with Crippen LogP contribution in [-0.4, -0.2) is 52.3 Å². The van der Waals surface area contributed by atoms with E-state index in [4.69, 9.17) is 9.47 Å². The standard InChI is InChI=1S/C20H25N5O2/c1-4-15-12-25(7-8-26-15)14-9-19(22-21-11-14)20-17-10-16(27-13(2)3)5-6-18(17)23-24-20/h5-6,9-11,13,15H,4,7-8,12H2,1-3H3,(H,23,24)/t15-/m0/s1. The summed E-state index contributed by atoms with van der Waals surface area (Å²) in [5, 5.41) is 17.1. The molecule has 0 radical (unpaired) electrons. The Labute approximate surface area is 158 Å². The molecule has 3 aromatic rings. The van der Waals surface area contributed by atoms with Crippen LogP contribution in [0.15, 0.2) is 30.5 Å². The van der Waals surface area contributed by atoms with Crippen molar-refractivity contribution in [1.29, 1.82) is 0 Å². The molecule has 1 aliphatic heterocycles. The van der Waals surface area contributed by atoms with E-state index in [0.717, 1.165) is 59.8 Å². The van der Waals surface area contributed by atoms with Crippen LogP contribution in [-0.2, 0) is 4.74 Å². The molecule has 0 unspecified atom stereocenters. The molecule has 0 spiro atoms. The number of rotatable bonds is 5. The van der Waals surface area contributed by atoms with E-state index in [2.05, 4.69) is 38.3 Å². The fraction of sp³-hybridized carbons (Fsp3) is 0.450. The van der Waals surface area contributed by atoms with E-state index in [1.807, 2.05) is 38.2 Å². The largest absolute Gasteiger partial charge is 0.491 e. The monoisotopic (exact) mass is 367 g/mol. The Balaban J connectivity index is 1.67. The highest BCUT2D eigenvalue weighted by molar-refractivity contribution is 5.93. The van der Waals surface area contributed by atoms with E-state index in [-0.39, 0.29) is 12.2 Å². The molecule has 1 aliphatic rings. The van der Waals surface area contributed by atoms with Crippen LogP contribution in [0.1, 0.15) is 27.2 Å². The van der Waals surface area contributed by atoms with Gasteiger partial charge in [-0.3, -0.25) is 5.10 Å². The maximum atomic E-state index is 5.83. The first-order valence-corrected chi connectivity index (χ1v) is 9.48. The van der Waals surface area contributed by atoms with Gasteiger partial charge in [-0.1, -0.05) is 6.92 Å². The van der Waals surface area contributed by atoms with Crippen molar-refractivity contribution in [1.82, 2.24) is 20.4 Å². The van der Waals surface area contributed by atoms with Gasteiger partial charge in [-0.15, -0.1) is 5.10 Å². The molecule has 27 heavy (non-hydrogen) atoms. The Bertz CT molecular complexity index is 924. The molecule has 7 heteroatoms. The fourth-order valence-corrected chi connectivity index (χ4v) is 3.38. The van der Waals surface area contributed by atoms with Crippen molar-refractivity contribution in [2.24, 2.45) is 0 Å². The van der Waals surface area contributed by atoms with E-state index >= 15 is 0 Å². The van der Waals surface area contributed by atoms with Gasteiger partial charge in [0.1, 0.15) is 17.1 Å². The van der Waals surface area contributed by atoms with Crippen LogP contribution in [0.3, 0.4) is 0 Å². The number of ether oxygens (including phenoxy) is 2. The number of anilines is 1. The number of nitrogens with zero attached hydrogens (tertiary/aromatic N) is 4. The maximum Gasteiger partial charge on any atom is 0.120 e. The smallest absolute Gasteiger partial charge is 0.120 e.